The maximum atomic E-state index is 14.4. The van der Waals surface area contributed by atoms with Crippen molar-refractivity contribution in [1.29, 1.82) is 0 Å². The second-order valence-corrected chi connectivity index (χ2v) is 7.70. The molecule has 0 unspecified atom stereocenters. The van der Waals surface area contributed by atoms with E-state index in [1.165, 1.54) is 6.07 Å². The molecule has 1 heterocycles. The average molecular weight is 336 g/mol. The lowest BCUT2D eigenvalue weighted by atomic mass is 9.78. The van der Waals surface area contributed by atoms with Crippen LogP contribution in [-0.2, 0) is 14.1 Å². The zero-order valence-electron chi connectivity index (χ0n) is 15.3. The van der Waals surface area contributed by atoms with Crippen LogP contribution < -0.4 is 10.2 Å². The van der Waals surface area contributed by atoms with Crippen molar-refractivity contribution in [1.82, 2.24) is 0 Å². The highest BCUT2D eigenvalue weighted by atomic mass is 19.1. The summed E-state index contributed by atoms with van der Waals surface area (Å²) in [6, 6.07) is 4.48. The molecule has 1 fully saturated rings. The summed E-state index contributed by atoms with van der Waals surface area (Å²) in [4.78, 5) is 11.7. The molecule has 0 aliphatic carbocycles. The summed E-state index contributed by atoms with van der Waals surface area (Å²) < 4.78 is 31.5. The largest absolute Gasteiger partial charge is 0.497 e. The van der Waals surface area contributed by atoms with Crippen LogP contribution in [-0.4, -0.2) is 30.7 Å². The van der Waals surface area contributed by atoms with Gasteiger partial charge in [0.1, 0.15) is 18.2 Å². The summed E-state index contributed by atoms with van der Waals surface area (Å²) in [5, 5.41) is 0. The fourth-order valence-electron chi connectivity index (χ4n) is 2.44. The molecule has 1 aliphatic heterocycles. The Morgan fingerprint density at radius 1 is 1.21 bits per heavy atom. The summed E-state index contributed by atoms with van der Waals surface area (Å²) in [5.74, 6) is 0.135. The van der Waals surface area contributed by atoms with E-state index in [0.717, 1.165) is 0 Å². The number of Topliss-reactive ketones (excluding diaryl/α,β-unsaturated/α-hetero) is 1. The highest BCUT2D eigenvalue weighted by molar-refractivity contribution is 6.62. The maximum Gasteiger partial charge on any atom is 0.497 e. The fraction of sp³-hybridized carbons (Fsp3) is 0.611. The molecule has 0 radical (unpaired) electrons. The van der Waals surface area contributed by atoms with Crippen molar-refractivity contribution >= 4 is 18.4 Å². The van der Waals surface area contributed by atoms with Crippen LogP contribution in [0.1, 0.15) is 48.0 Å². The third-order valence-electron chi connectivity index (χ3n) is 4.51. The van der Waals surface area contributed by atoms with E-state index >= 15 is 0 Å². The van der Waals surface area contributed by atoms with E-state index in [2.05, 4.69) is 0 Å². The molecule has 24 heavy (non-hydrogen) atoms. The molecule has 1 aliphatic rings. The monoisotopic (exact) mass is 336 g/mol. The Morgan fingerprint density at radius 2 is 1.79 bits per heavy atom. The Labute approximate surface area is 143 Å². The number of carbonyl (C=O) groups excluding carboxylic acids is 1. The number of carbonyl (C=O) groups is 1. The first-order valence-corrected chi connectivity index (χ1v) is 8.31. The first kappa shape index (κ1) is 18.9. The van der Waals surface area contributed by atoms with Gasteiger partial charge in [-0.2, -0.15) is 0 Å². The molecule has 132 valence electrons. The minimum Gasteiger partial charge on any atom is -0.486 e. The second kappa shape index (κ2) is 6.85. The van der Waals surface area contributed by atoms with Gasteiger partial charge in [0.25, 0.3) is 0 Å². The number of ether oxygens (including phenoxy) is 1. The smallest absolute Gasteiger partial charge is 0.486 e. The first-order valence-electron chi connectivity index (χ1n) is 8.31. The second-order valence-electron chi connectivity index (χ2n) is 7.70. The SMILES string of the molecule is CC(C)CC(=O)COc1ccc(B2OC(C)(C)C(C)(C)O2)c(F)c1. The Hall–Kier alpha value is -1.40. The van der Waals surface area contributed by atoms with E-state index in [1.54, 1.807) is 12.1 Å². The standard InChI is InChI=1S/C18H26BFO4/c1-12(2)9-13(21)11-22-14-7-8-15(16(20)10-14)19-23-17(3,4)18(5,6)24-19/h7-8,10,12H,9,11H2,1-6H3. The molecule has 0 saturated carbocycles. The van der Waals surface area contributed by atoms with Crippen LogP contribution in [0.15, 0.2) is 18.2 Å². The van der Waals surface area contributed by atoms with Gasteiger partial charge in [-0.3, -0.25) is 4.79 Å². The van der Waals surface area contributed by atoms with Gasteiger partial charge in [-0.05, 0) is 39.7 Å². The molecule has 0 aromatic heterocycles. The molecule has 0 N–H and O–H groups in total. The van der Waals surface area contributed by atoms with Gasteiger partial charge in [-0.25, -0.2) is 4.39 Å². The highest BCUT2D eigenvalue weighted by Crippen LogP contribution is 2.36. The zero-order valence-corrected chi connectivity index (χ0v) is 15.3. The molecule has 0 spiro atoms. The van der Waals surface area contributed by atoms with Gasteiger partial charge in [-0.15, -0.1) is 0 Å². The summed E-state index contributed by atoms with van der Waals surface area (Å²) in [6.45, 7) is 11.6. The average Bonchev–Trinajstić information content (AvgIpc) is 2.64. The number of hydrogen-bond donors (Lipinski definition) is 0. The lowest BCUT2D eigenvalue weighted by molar-refractivity contribution is -0.121. The number of halogens is 1. The Balaban J connectivity index is 2.04. The van der Waals surface area contributed by atoms with Crippen LogP contribution in [0, 0.1) is 11.7 Å². The lowest BCUT2D eigenvalue weighted by Gasteiger charge is -2.32. The molecular weight excluding hydrogens is 310 g/mol. The van der Waals surface area contributed by atoms with Crippen LogP contribution in [0.4, 0.5) is 4.39 Å². The number of rotatable bonds is 6. The summed E-state index contributed by atoms with van der Waals surface area (Å²) >= 11 is 0. The van der Waals surface area contributed by atoms with E-state index in [-0.39, 0.29) is 18.3 Å². The molecule has 1 aromatic rings. The van der Waals surface area contributed by atoms with Crippen molar-refractivity contribution in [3.8, 4) is 5.75 Å². The van der Waals surface area contributed by atoms with E-state index in [1.807, 2.05) is 41.5 Å². The molecule has 0 bridgehead atoms. The van der Waals surface area contributed by atoms with Crippen molar-refractivity contribution in [3.63, 3.8) is 0 Å². The van der Waals surface area contributed by atoms with Crippen molar-refractivity contribution in [2.75, 3.05) is 6.61 Å². The van der Waals surface area contributed by atoms with Gasteiger partial charge in [0.05, 0.1) is 11.2 Å². The van der Waals surface area contributed by atoms with Gasteiger partial charge in [-0.1, -0.05) is 19.9 Å². The third-order valence-corrected chi connectivity index (χ3v) is 4.51. The van der Waals surface area contributed by atoms with Crippen LogP contribution in [0.5, 0.6) is 5.75 Å². The van der Waals surface area contributed by atoms with Crippen LogP contribution in [0.2, 0.25) is 0 Å². The molecule has 1 saturated heterocycles. The van der Waals surface area contributed by atoms with E-state index in [4.69, 9.17) is 14.0 Å². The van der Waals surface area contributed by atoms with E-state index in [0.29, 0.717) is 17.6 Å². The quantitative estimate of drug-likeness (QED) is 0.749. The molecule has 2 rings (SSSR count). The topological polar surface area (TPSA) is 44.8 Å². The predicted molar refractivity (Wildman–Crippen MR) is 92.1 cm³/mol. The number of benzene rings is 1. The minimum atomic E-state index is -0.758. The highest BCUT2D eigenvalue weighted by Gasteiger charge is 2.52. The lowest BCUT2D eigenvalue weighted by Crippen LogP contribution is -2.41. The van der Waals surface area contributed by atoms with Gasteiger partial charge in [0, 0.05) is 17.9 Å². The normalized spacial score (nSPS) is 18.9. The molecule has 6 heteroatoms. The Kier molecular flexibility index (Phi) is 5.40. The van der Waals surface area contributed by atoms with Gasteiger partial charge < -0.3 is 14.0 Å². The molecule has 1 aromatic carbocycles. The Bertz CT molecular complexity index is 597. The Morgan fingerprint density at radius 3 is 2.29 bits per heavy atom. The molecule has 4 nitrogen and oxygen atoms in total. The molecule has 0 atom stereocenters. The van der Waals surface area contributed by atoms with Crippen molar-refractivity contribution < 1.29 is 23.2 Å². The third kappa shape index (κ3) is 4.17. The van der Waals surface area contributed by atoms with Crippen molar-refractivity contribution in [2.24, 2.45) is 5.92 Å². The van der Waals surface area contributed by atoms with Crippen molar-refractivity contribution in [2.45, 2.75) is 59.2 Å². The van der Waals surface area contributed by atoms with Gasteiger partial charge in [0.2, 0.25) is 0 Å². The minimum absolute atomic E-state index is 0.000411. The van der Waals surface area contributed by atoms with E-state index < -0.39 is 24.1 Å². The predicted octanol–water partition coefficient (Wildman–Crippen LogP) is 3.12. The molecular formula is C18H26BFO4. The first-order chi connectivity index (χ1) is 11.0. The van der Waals surface area contributed by atoms with Gasteiger partial charge in [0.15, 0.2) is 5.78 Å². The summed E-state index contributed by atoms with van der Waals surface area (Å²) in [5.41, 5.74) is -0.722. The summed E-state index contributed by atoms with van der Waals surface area (Å²) in [6.07, 6.45) is 0.453. The van der Waals surface area contributed by atoms with Crippen molar-refractivity contribution in [3.05, 3.63) is 24.0 Å². The summed E-state index contributed by atoms with van der Waals surface area (Å²) in [7, 11) is -0.758. The van der Waals surface area contributed by atoms with Crippen LogP contribution >= 0.6 is 0 Å². The van der Waals surface area contributed by atoms with Gasteiger partial charge >= 0.3 is 7.12 Å². The zero-order chi connectivity index (χ0) is 18.1. The van der Waals surface area contributed by atoms with E-state index in [9.17, 15) is 9.18 Å². The fourth-order valence-corrected chi connectivity index (χ4v) is 2.44. The number of ketones is 1. The maximum absolute atomic E-state index is 14.4. The molecule has 0 amide bonds. The van der Waals surface area contributed by atoms with Crippen LogP contribution in [0.3, 0.4) is 0 Å². The van der Waals surface area contributed by atoms with Crippen LogP contribution in [0.25, 0.3) is 0 Å². The number of hydrogen-bond acceptors (Lipinski definition) is 4.